The van der Waals surface area contributed by atoms with Crippen LogP contribution in [0, 0.1) is 0 Å². The summed E-state index contributed by atoms with van der Waals surface area (Å²) >= 11 is 0. The molecule has 0 amide bonds. The molecule has 0 heterocycles. The fraction of sp³-hybridized carbons (Fsp3) is 0.571. The van der Waals surface area contributed by atoms with Crippen molar-refractivity contribution in [2.45, 2.75) is 38.3 Å². The SMILES string of the molecule is CCNC1CCCC1Oc1ccccc1OC. The van der Waals surface area contributed by atoms with Crippen LogP contribution in [0.5, 0.6) is 11.5 Å². The Morgan fingerprint density at radius 3 is 2.71 bits per heavy atom. The number of hydrogen-bond donors (Lipinski definition) is 1. The van der Waals surface area contributed by atoms with Gasteiger partial charge in [-0.3, -0.25) is 0 Å². The van der Waals surface area contributed by atoms with Crippen LogP contribution in [0.2, 0.25) is 0 Å². The predicted molar refractivity (Wildman–Crippen MR) is 68.7 cm³/mol. The first-order chi connectivity index (χ1) is 8.35. The van der Waals surface area contributed by atoms with Crippen molar-refractivity contribution >= 4 is 0 Å². The zero-order chi connectivity index (χ0) is 12.1. The van der Waals surface area contributed by atoms with E-state index in [0.29, 0.717) is 6.04 Å². The Morgan fingerprint density at radius 1 is 1.24 bits per heavy atom. The number of para-hydroxylation sites is 2. The van der Waals surface area contributed by atoms with Crippen LogP contribution in [0.4, 0.5) is 0 Å². The van der Waals surface area contributed by atoms with Gasteiger partial charge in [0.2, 0.25) is 0 Å². The maximum absolute atomic E-state index is 6.08. The number of benzene rings is 1. The number of nitrogens with one attached hydrogen (secondary N) is 1. The Labute approximate surface area is 103 Å². The van der Waals surface area contributed by atoms with Crippen LogP contribution in [-0.4, -0.2) is 25.8 Å². The second-order valence-electron chi connectivity index (χ2n) is 4.40. The first-order valence-corrected chi connectivity index (χ1v) is 6.38. The normalized spacial score (nSPS) is 23.6. The van der Waals surface area contributed by atoms with Gasteiger partial charge < -0.3 is 14.8 Å². The van der Waals surface area contributed by atoms with Gasteiger partial charge in [0.05, 0.1) is 7.11 Å². The number of ether oxygens (including phenoxy) is 2. The van der Waals surface area contributed by atoms with E-state index in [1.54, 1.807) is 7.11 Å². The molecule has 1 aliphatic carbocycles. The molecular weight excluding hydrogens is 214 g/mol. The van der Waals surface area contributed by atoms with E-state index in [1.165, 1.54) is 12.8 Å². The van der Waals surface area contributed by atoms with Gasteiger partial charge in [0, 0.05) is 6.04 Å². The molecule has 3 heteroatoms. The maximum atomic E-state index is 6.08. The highest BCUT2D eigenvalue weighted by Crippen LogP contribution is 2.31. The van der Waals surface area contributed by atoms with Crippen molar-refractivity contribution in [3.05, 3.63) is 24.3 Å². The molecule has 17 heavy (non-hydrogen) atoms. The molecule has 94 valence electrons. The average molecular weight is 235 g/mol. The molecule has 2 rings (SSSR count). The Bertz CT molecular complexity index is 354. The summed E-state index contributed by atoms with van der Waals surface area (Å²) in [6.45, 7) is 3.13. The van der Waals surface area contributed by atoms with Crippen LogP contribution < -0.4 is 14.8 Å². The van der Waals surface area contributed by atoms with Crippen molar-refractivity contribution in [3.8, 4) is 11.5 Å². The topological polar surface area (TPSA) is 30.5 Å². The molecule has 1 aromatic carbocycles. The Hall–Kier alpha value is -1.22. The van der Waals surface area contributed by atoms with E-state index in [-0.39, 0.29) is 6.10 Å². The van der Waals surface area contributed by atoms with Gasteiger partial charge in [0.15, 0.2) is 11.5 Å². The van der Waals surface area contributed by atoms with E-state index in [9.17, 15) is 0 Å². The molecule has 1 fully saturated rings. The molecule has 0 bridgehead atoms. The van der Waals surface area contributed by atoms with E-state index >= 15 is 0 Å². The molecular formula is C14H21NO2. The lowest BCUT2D eigenvalue weighted by Crippen LogP contribution is -2.38. The maximum Gasteiger partial charge on any atom is 0.161 e. The largest absolute Gasteiger partial charge is 0.493 e. The van der Waals surface area contributed by atoms with E-state index in [1.807, 2.05) is 24.3 Å². The molecule has 2 atom stereocenters. The summed E-state index contributed by atoms with van der Waals surface area (Å²) in [6.07, 6.45) is 3.83. The van der Waals surface area contributed by atoms with Crippen LogP contribution in [-0.2, 0) is 0 Å². The minimum Gasteiger partial charge on any atom is -0.493 e. The van der Waals surface area contributed by atoms with Gasteiger partial charge in [-0.25, -0.2) is 0 Å². The summed E-state index contributed by atoms with van der Waals surface area (Å²) in [7, 11) is 1.68. The predicted octanol–water partition coefficient (Wildman–Crippen LogP) is 2.60. The summed E-state index contributed by atoms with van der Waals surface area (Å²) in [4.78, 5) is 0. The van der Waals surface area contributed by atoms with Gasteiger partial charge in [-0.2, -0.15) is 0 Å². The van der Waals surface area contributed by atoms with Crippen LogP contribution in [0.25, 0.3) is 0 Å². The van der Waals surface area contributed by atoms with Gasteiger partial charge in [0.1, 0.15) is 6.10 Å². The molecule has 2 unspecified atom stereocenters. The summed E-state index contributed by atoms with van der Waals surface area (Å²) in [6, 6.07) is 8.33. The number of rotatable bonds is 5. The standard InChI is InChI=1S/C14H21NO2/c1-3-15-11-7-6-10-12(11)17-14-9-5-4-8-13(14)16-2/h4-5,8-9,11-12,15H,3,6-7,10H2,1-2H3. The summed E-state index contributed by atoms with van der Waals surface area (Å²) < 4.78 is 11.4. The molecule has 0 saturated heterocycles. The Kier molecular flexibility index (Phi) is 4.26. The van der Waals surface area contributed by atoms with Crippen molar-refractivity contribution in [2.75, 3.05) is 13.7 Å². The van der Waals surface area contributed by atoms with Gasteiger partial charge in [-0.1, -0.05) is 19.1 Å². The lowest BCUT2D eigenvalue weighted by molar-refractivity contribution is 0.169. The third kappa shape index (κ3) is 2.91. The first kappa shape index (κ1) is 12.2. The second-order valence-corrected chi connectivity index (χ2v) is 4.40. The van der Waals surface area contributed by atoms with E-state index in [4.69, 9.17) is 9.47 Å². The monoisotopic (exact) mass is 235 g/mol. The minimum absolute atomic E-state index is 0.270. The number of hydrogen-bond acceptors (Lipinski definition) is 3. The number of likely N-dealkylation sites (N-methyl/N-ethyl adjacent to an activating group) is 1. The van der Waals surface area contributed by atoms with Crippen molar-refractivity contribution in [3.63, 3.8) is 0 Å². The van der Waals surface area contributed by atoms with Crippen LogP contribution in [0.15, 0.2) is 24.3 Å². The van der Waals surface area contributed by atoms with Crippen LogP contribution in [0.1, 0.15) is 26.2 Å². The van der Waals surface area contributed by atoms with Gasteiger partial charge in [-0.15, -0.1) is 0 Å². The van der Waals surface area contributed by atoms with Crippen molar-refractivity contribution in [1.82, 2.24) is 5.32 Å². The molecule has 1 aromatic rings. The third-order valence-electron chi connectivity index (χ3n) is 3.27. The summed E-state index contributed by atoms with van der Waals surface area (Å²) in [5.41, 5.74) is 0. The quantitative estimate of drug-likeness (QED) is 0.851. The molecule has 0 aliphatic heterocycles. The zero-order valence-corrected chi connectivity index (χ0v) is 10.6. The summed E-state index contributed by atoms with van der Waals surface area (Å²) in [5.74, 6) is 1.67. The van der Waals surface area contributed by atoms with Crippen LogP contribution in [0.3, 0.4) is 0 Å². The lowest BCUT2D eigenvalue weighted by atomic mass is 10.2. The Morgan fingerprint density at radius 2 is 2.00 bits per heavy atom. The van der Waals surface area contributed by atoms with Crippen molar-refractivity contribution in [2.24, 2.45) is 0 Å². The number of methoxy groups -OCH3 is 1. The Balaban J connectivity index is 2.04. The highest BCUT2D eigenvalue weighted by atomic mass is 16.5. The first-order valence-electron chi connectivity index (χ1n) is 6.38. The summed E-state index contributed by atoms with van der Waals surface area (Å²) in [5, 5.41) is 3.49. The molecule has 1 aliphatic rings. The fourth-order valence-corrected chi connectivity index (χ4v) is 2.44. The molecule has 3 nitrogen and oxygen atoms in total. The third-order valence-corrected chi connectivity index (χ3v) is 3.27. The highest BCUT2D eigenvalue weighted by Gasteiger charge is 2.28. The zero-order valence-electron chi connectivity index (χ0n) is 10.6. The van der Waals surface area contributed by atoms with Gasteiger partial charge >= 0.3 is 0 Å². The lowest BCUT2D eigenvalue weighted by Gasteiger charge is -2.22. The van der Waals surface area contributed by atoms with E-state index in [0.717, 1.165) is 24.5 Å². The molecule has 1 saturated carbocycles. The van der Waals surface area contributed by atoms with Gasteiger partial charge in [0.25, 0.3) is 0 Å². The molecule has 0 spiro atoms. The second kappa shape index (κ2) is 5.92. The molecule has 0 radical (unpaired) electrons. The van der Waals surface area contributed by atoms with Crippen molar-refractivity contribution in [1.29, 1.82) is 0 Å². The average Bonchev–Trinajstić information content (AvgIpc) is 2.78. The van der Waals surface area contributed by atoms with Crippen molar-refractivity contribution < 1.29 is 9.47 Å². The highest BCUT2D eigenvalue weighted by molar-refractivity contribution is 5.39. The molecule has 0 aromatic heterocycles. The van der Waals surface area contributed by atoms with Gasteiger partial charge in [-0.05, 0) is 37.9 Å². The van der Waals surface area contributed by atoms with Crippen LogP contribution >= 0.6 is 0 Å². The molecule has 1 N–H and O–H groups in total. The fourth-order valence-electron chi connectivity index (χ4n) is 2.44. The van der Waals surface area contributed by atoms with E-state index in [2.05, 4.69) is 12.2 Å². The van der Waals surface area contributed by atoms with E-state index < -0.39 is 0 Å². The smallest absolute Gasteiger partial charge is 0.161 e. The minimum atomic E-state index is 0.270.